The fraction of sp³-hybridized carbons (Fsp3) is 0.533. The zero-order valence-electron chi connectivity index (χ0n) is 12.2. The van der Waals surface area contributed by atoms with Gasteiger partial charge >= 0.3 is 5.97 Å². The van der Waals surface area contributed by atoms with Crippen LogP contribution in [0.25, 0.3) is 0 Å². The largest absolute Gasteiger partial charge is 0.465 e. The summed E-state index contributed by atoms with van der Waals surface area (Å²) in [7, 11) is 0. The minimum atomic E-state index is -0.219. The van der Waals surface area contributed by atoms with Crippen molar-refractivity contribution in [1.82, 2.24) is 10.2 Å². The second-order valence-electron chi connectivity index (χ2n) is 4.81. The number of nitrogens with one attached hydrogen (secondary N) is 1. The SMILES string of the molecule is CCOC(=O)C1CNCCN1CCSc1ccc(F)cc1. The van der Waals surface area contributed by atoms with Gasteiger partial charge in [0, 0.05) is 36.8 Å². The molecule has 116 valence electrons. The van der Waals surface area contributed by atoms with E-state index in [9.17, 15) is 9.18 Å². The quantitative estimate of drug-likeness (QED) is 0.640. The number of nitrogens with zero attached hydrogens (tertiary/aromatic N) is 1. The lowest BCUT2D eigenvalue weighted by atomic mass is 10.2. The van der Waals surface area contributed by atoms with Crippen molar-refractivity contribution in [2.45, 2.75) is 17.9 Å². The van der Waals surface area contributed by atoms with E-state index in [1.54, 1.807) is 23.9 Å². The van der Waals surface area contributed by atoms with Crippen molar-refractivity contribution in [3.63, 3.8) is 0 Å². The van der Waals surface area contributed by atoms with E-state index in [1.807, 2.05) is 6.92 Å². The molecule has 0 aliphatic carbocycles. The van der Waals surface area contributed by atoms with Crippen LogP contribution in [0.1, 0.15) is 6.92 Å². The van der Waals surface area contributed by atoms with Gasteiger partial charge in [-0.2, -0.15) is 0 Å². The van der Waals surface area contributed by atoms with Crippen molar-refractivity contribution in [3.05, 3.63) is 30.1 Å². The number of carbonyl (C=O) groups excluding carboxylic acids is 1. The molecule has 0 saturated carbocycles. The Balaban J connectivity index is 1.82. The van der Waals surface area contributed by atoms with Crippen LogP contribution in [0.2, 0.25) is 0 Å². The van der Waals surface area contributed by atoms with Gasteiger partial charge in [-0.1, -0.05) is 0 Å². The minimum absolute atomic E-state index is 0.156. The average molecular weight is 312 g/mol. The lowest BCUT2D eigenvalue weighted by Gasteiger charge is -2.34. The number of ether oxygens (including phenoxy) is 1. The summed E-state index contributed by atoms with van der Waals surface area (Å²) < 4.78 is 18.0. The molecule has 0 spiro atoms. The van der Waals surface area contributed by atoms with Gasteiger partial charge in [0.05, 0.1) is 6.61 Å². The molecule has 1 aromatic rings. The van der Waals surface area contributed by atoms with Gasteiger partial charge in [-0.05, 0) is 31.2 Å². The van der Waals surface area contributed by atoms with Crippen molar-refractivity contribution >= 4 is 17.7 Å². The molecule has 0 amide bonds. The molecule has 1 aliphatic rings. The summed E-state index contributed by atoms with van der Waals surface area (Å²) in [5.41, 5.74) is 0. The van der Waals surface area contributed by atoms with Crippen molar-refractivity contribution in [3.8, 4) is 0 Å². The van der Waals surface area contributed by atoms with Crippen LogP contribution in [-0.2, 0) is 9.53 Å². The highest BCUT2D eigenvalue weighted by atomic mass is 32.2. The van der Waals surface area contributed by atoms with Crippen LogP contribution in [0.4, 0.5) is 4.39 Å². The molecule has 21 heavy (non-hydrogen) atoms. The Kier molecular flexibility index (Phi) is 6.48. The standard InChI is InChI=1S/C15H21FN2O2S/c1-2-20-15(19)14-11-17-7-8-18(14)9-10-21-13-5-3-12(16)4-6-13/h3-6,14,17H,2,7-11H2,1H3. The highest BCUT2D eigenvalue weighted by Gasteiger charge is 2.29. The van der Waals surface area contributed by atoms with Crippen LogP contribution < -0.4 is 5.32 Å². The maximum absolute atomic E-state index is 12.8. The van der Waals surface area contributed by atoms with Crippen LogP contribution >= 0.6 is 11.8 Å². The smallest absolute Gasteiger partial charge is 0.324 e. The predicted molar refractivity (Wildman–Crippen MR) is 82.0 cm³/mol. The second kappa shape index (κ2) is 8.36. The van der Waals surface area contributed by atoms with Crippen LogP contribution in [-0.4, -0.2) is 55.4 Å². The molecule has 1 fully saturated rings. The molecule has 6 heteroatoms. The predicted octanol–water partition coefficient (Wildman–Crippen LogP) is 1.75. The molecule has 1 N–H and O–H groups in total. The maximum Gasteiger partial charge on any atom is 0.324 e. The summed E-state index contributed by atoms with van der Waals surface area (Å²) in [6.07, 6.45) is 0. The lowest BCUT2D eigenvalue weighted by molar-refractivity contribution is -0.150. The third-order valence-corrected chi connectivity index (χ3v) is 4.37. The molecular weight excluding hydrogens is 291 g/mol. The number of hydrogen-bond donors (Lipinski definition) is 1. The van der Waals surface area contributed by atoms with E-state index in [-0.39, 0.29) is 17.8 Å². The molecule has 1 aromatic carbocycles. The number of rotatable bonds is 6. The third kappa shape index (κ3) is 4.98. The number of piperazine rings is 1. The molecule has 1 unspecified atom stereocenters. The van der Waals surface area contributed by atoms with Gasteiger partial charge in [-0.3, -0.25) is 9.69 Å². The van der Waals surface area contributed by atoms with E-state index in [1.165, 1.54) is 12.1 Å². The molecule has 0 aromatic heterocycles. The number of hydrogen-bond acceptors (Lipinski definition) is 5. The number of thioether (sulfide) groups is 1. The third-order valence-electron chi connectivity index (χ3n) is 3.37. The first-order valence-electron chi connectivity index (χ1n) is 7.20. The van der Waals surface area contributed by atoms with E-state index >= 15 is 0 Å². The Morgan fingerprint density at radius 3 is 2.95 bits per heavy atom. The van der Waals surface area contributed by atoms with E-state index in [2.05, 4.69) is 10.2 Å². The van der Waals surface area contributed by atoms with Crippen LogP contribution in [0.15, 0.2) is 29.2 Å². The number of benzene rings is 1. The van der Waals surface area contributed by atoms with Crippen molar-refractivity contribution in [1.29, 1.82) is 0 Å². The van der Waals surface area contributed by atoms with Crippen molar-refractivity contribution in [2.24, 2.45) is 0 Å². The van der Waals surface area contributed by atoms with Crippen LogP contribution in [0.3, 0.4) is 0 Å². The molecule has 2 rings (SSSR count). The van der Waals surface area contributed by atoms with Gasteiger partial charge in [-0.15, -0.1) is 11.8 Å². The zero-order chi connectivity index (χ0) is 15.1. The molecule has 4 nitrogen and oxygen atoms in total. The first kappa shape index (κ1) is 16.3. The van der Waals surface area contributed by atoms with Crippen LogP contribution in [0, 0.1) is 5.82 Å². The molecule has 1 saturated heterocycles. The van der Waals surface area contributed by atoms with E-state index in [0.717, 1.165) is 30.3 Å². The highest BCUT2D eigenvalue weighted by molar-refractivity contribution is 7.99. The first-order chi connectivity index (χ1) is 10.2. The zero-order valence-corrected chi connectivity index (χ0v) is 13.0. The molecule has 0 bridgehead atoms. The highest BCUT2D eigenvalue weighted by Crippen LogP contribution is 2.18. The normalized spacial score (nSPS) is 19.4. The Bertz CT molecular complexity index is 455. The van der Waals surface area contributed by atoms with Crippen molar-refractivity contribution in [2.75, 3.05) is 38.5 Å². The van der Waals surface area contributed by atoms with Gasteiger partial charge in [0.1, 0.15) is 11.9 Å². The number of carbonyl (C=O) groups is 1. The van der Waals surface area contributed by atoms with Gasteiger partial charge in [0.25, 0.3) is 0 Å². The summed E-state index contributed by atoms with van der Waals surface area (Å²) in [5, 5.41) is 3.23. The van der Waals surface area contributed by atoms with E-state index in [4.69, 9.17) is 4.74 Å². The lowest BCUT2D eigenvalue weighted by Crippen LogP contribution is -2.55. The summed E-state index contributed by atoms with van der Waals surface area (Å²) >= 11 is 1.67. The average Bonchev–Trinajstić information content (AvgIpc) is 2.50. The first-order valence-corrected chi connectivity index (χ1v) is 8.19. The fourth-order valence-corrected chi connectivity index (χ4v) is 3.19. The number of esters is 1. The maximum atomic E-state index is 12.8. The Morgan fingerprint density at radius 2 is 2.24 bits per heavy atom. The molecule has 1 atom stereocenters. The van der Waals surface area contributed by atoms with Crippen LogP contribution in [0.5, 0.6) is 0 Å². The number of halogens is 1. The monoisotopic (exact) mass is 312 g/mol. The molecule has 0 radical (unpaired) electrons. The topological polar surface area (TPSA) is 41.6 Å². The summed E-state index contributed by atoms with van der Waals surface area (Å²) in [5.74, 6) is 0.488. The van der Waals surface area contributed by atoms with Gasteiger partial charge in [0.2, 0.25) is 0 Å². The Hall–Kier alpha value is -1.11. The Labute approximate surface area is 129 Å². The fourth-order valence-electron chi connectivity index (χ4n) is 2.30. The van der Waals surface area contributed by atoms with E-state index < -0.39 is 0 Å². The molecular formula is C15H21FN2O2S. The molecule has 1 aliphatic heterocycles. The molecule has 1 heterocycles. The summed E-state index contributed by atoms with van der Waals surface area (Å²) in [6.45, 7) is 5.41. The minimum Gasteiger partial charge on any atom is -0.465 e. The van der Waals surface area contributed by atoms with E-state index in [0.29, 0.717) is 13.2 Å². The Morgan fingerprint density at radius 1 is 1.48 bits per heavy atom. The summed E-state index contributed by atoms with van der Waals surface area (Å²) in [6, 6.07) is 6.29. The van der Waals surface area contributed by atoms with Gasteiger partial charge < -0.3 is 10.1 Å². The van der Waals surface area contributed by atoms with Crippen molar-refractivity contribution < 1.29 is 13.9 Å². The van der Waals surface area contributed by atoms with Gasteiger partial charge in [0.15, 0.2) is 0 Å². The van der Waals surface area contributed by atoms with Gasteiger partial charge in [-0.25, -0.2) is 4.39 Å². The summed E-state index contributed by atoms with van der Waals surface area (Å²) in [4.78, 5) is 15.1. The second-order valence-corrected chi connectivity index (χ2v) is 5.98.